The van der Waals surface area contributed by atoms with E-state index < -0.39 is 0 Å². The van der Waals surface area contributed by atoms with Crippen molar-refractivity contribution in [2.24, 2.45) is 0 Å². The van der Waals surface area contributed by atoms with Crippen LogP contribution in [0.15, 0.2) is 24.3 Å². The molecule has 66 valence electrons. The molecule has 1 aromatic carbocycles. The summed E-state index contributed by atoms with van der Waals surface area (Å²) in [7, 11) is 0. The minimum absolute atomic E-state index is 0.591. The Morgan fingerprint density at radius 3 is 2.42 bits per heavy atom. The van der Waals surface area contributed by atoms with E-state index in [1.807, 2.05) is 12.1 Å². The predicted molar refractivity (Wildman–Crippen MR) is 54.8 cm³/mol. The first-order valence-electron chi connectivity index (χ1n) is 4.25. The highest BCUT2D eigenvalue weighted by atomic mass is 35.5. The van der Waals surface area contributed by atoms with Gasteiger partial charge in [0.2, 0.25) is 0 Å². The van der Waals surface area contributed by atoms with Gasteiger partial charge in [0.1, 0.15) is 0 Å². The summed E-state index contributed by atoms with van der Waals surface area (Å²) in [5.74, 6) is 0.591. The summed E-state index contributed by atoms with van der Waals surface area (Å²) in [5, 5.41) is 3.30. The highest BCUT2D eigenvalue weighted by molar-refractivity contribution is 6.17. The number of hydrogen-bond acceptors (Lipinski definition) is 1. The molecule has 0 aliphatic carbocycles. The van der Waals surface area contributed by atoms with E-state index in [0.29, 0.717) is 5.88 Å². The minimum atomic E-state index is 0.591. The third-order valence-electron chi connectivity index (χ3n) is 1.69. The van der Waals surface area contributed by atoms with E-state index >= 15 is 0 Å². The monoisotopic (exact) mass is 183 g/mol. The normalized spacial score (nSPS) is 9.83. The molecule has 0 spiro atoms. The fraction of sp³-hybridized carbons (Fsp3) is 0.400. The Morgan fingerprint density at radius 2 is 1.92 bits per heavy atom. The lowest BCUT2D eigenvalue weighted by molar-refractivity contribution is 0.979. The van der Waals surface area contributed by atoms with Gasteiger partial charge in [-0.1, -0.05) is 19.1 Å². The second kappa shape index (κ2) is 5.04. The topological polar surface area (TPSA) is 12.0 Å². The average molecular weight is 184 g/mol. The Bertz CT molecular complexity index is 218. The van der Waals surface area contributed by atoms with E-state index in [2.05, 4.69) is 24.4 Å². The largest absolute Gasteiger partial charge is 0.385 e. The summed E-state index contributed by atoms with van der Waals surface area (Å²) >= 11 is 5.66. The summed E-state index contributed by atoms with van der Waals surface area (Å²) in [6.45, 7) is 3.18. The van der Waals surface area contributed by atoms with Gasteiger partial charge in [-0.05, 0) is 24.1 Å². The molecule has 12 heavy (non-hydrogen) atoms. The summed E-state index contributed by atoms with van der Waals surface area (Å²) in [6.07, 6.45) is 1.15. The lowest BCUT2D eigenvalue weighted by Gasteiger charge is -2.04. The van der Waals surface area contributed by atoms with Gasteiger partial charge in [-0.15, -0.1) is 11.6 Å². The molecule has 2 heteroatoms. The zero-order chi connectivity index (χ0) is 8.81. The predicted octanol–water partition coefficient (Wildman–Crippen LogP) is 3.25. The summed E-state index contributed by atoms with van der Waals surface area (Å²) in [6, 6.07) is 8.22. The van der Waals surface area contributed by atoms with Crippen molar-refractivity contribution in [3.63, 3.8) is 0 Å². The van der Waals surface area contributed by atoms with E-state index in [1.54, 1.807) is 0 Å². The van der Waals surface area contributed by atoms with Crippen molar-refractivity contribution >= 4 is 17.3 Å². The van der Waals surface area contributed by atoms with Crippen molar-refractivity contribution < 1.29 is 0 Å². The molecule has 0 bridgehead atoms. The Hall–Kier alpha value is -0.690. The summed E-state index contributed by atoms with van der Waals surface area (Å²) in [4.78, 5) is 0. The van der Waals surface area contributed by atoms with E-state index in [1.165, 1.54) is 11.3 Å². The maximum absolute atomic E-state index is 5.66. The molecule has 0 aliphatic heterocycles. The van der Waals surface area contributed by atoms with Crippen molar-refractivity contribution in [3.05, 3.63) is 29.8 Å². The molecule has 1 aromatic rings. The van der Waals surface area contributed by atoms with Crippen molar-refractivity contribution in [1.29, 1.82) is 0 Å². The van der Waals surface area contributed by atoms with Crippen LogP contribution in [0.1, 0.15) is 18.9 Å². The zero-order valence-electron chi connectivity index (χ0n) is 7.31. The fourth-order valence-electron chi connectivity index (χ4n) is 0.981. The van der Waals surface area contributed by atoms with Gasteiger partial charge in [-0.2, -0.15) is 0 Å². The van der Waals surface area contributed by atoms with Crippen molar-refractivity contribution in [1.82, 2.24) is 0 Å². The van der Waals surface area contributed by atoms with Gasteiger partial charge in [-0.3, -0.25) is 0 Å². The van der Waals surface area contributed by atoms with Crippen LogP contribution >= 0.6 is 11.6 Å². The van der Waals surface area contributed by atoms with Gasteiger partial charge < -0.3 is 5.32 Å². The van der Waals surface area contributed by atoms with Crippen LogP contribution in [0.25, 0.3) is 0 Å². The first-order chi connectivity index (χ1) is 5.86. The Kier molecular flexibility index (Phi) is 3.95. The number of anilines is 1. The van der Waals surface area contributed by atoms with Gasteiger partial charge in [0, 0.05) is 18.1 Å². The fourth-order valence-corrected chi connectivity index (χ4v) is 1.16. The molecule has 1 N–H and O–H groups in total. The Morgan fingerprint density at radius 1 is 1.25 bits per heavy atom. The minimum Gasteiger partial charge on any atom is -0.385 e. The third-order valence-corrected chi connectivity index (χ3v) is 2.00. The molecule has 0 heterocycles. The molecule has 0 atom stereocenters. The smallest absolute Gasteiger partial charge is 0.0474 e. The van der Waals surface area contributed by atoms with Crippen LogP contribution < -0.4 is 5.32 Å². The van der Waals surface area contributed by atoms with Gasteiger partial charge in [-0.25, -0.2) is 0 Å². The zero-order valence-corrected chi connectivity index (χ0v) is 8.06. The lowest BCUT2D eigenvalue weighted by atomic mass is 10.2. The van der Waals surface area contributed by atoms with Crippen LogP contribution in [0.3, 0.4) is 0 Å². The van der Waals surface area contributed by atoms with Crippen LogP contribution in [0, 0.1) is 0 Å². The van der Waals surface area contributed by atoms with Gasteiger partial charge in [0.15, 0.2) is 0 Å². The number of nitrogens with one attached hydrogen (secondary N) is 1. The molecule has 0 aromatic heterocycles. The summed E-state index contributed by atoms with van der Waals surface area (Å²) in [5.41, 5.74) is 2.34. The van der Waals surface area contributed by atoms with Crippen LogP contribution in [-0.2, 0) is 5.88 Å². The molecule has 0 fully saturated rings. The number of benzene rings is 1. The van der Waals surface area contributed by atoms with Crippen molar-refractivity contribution in [3.8, 4) is 0 Å². The molecule has 0 unspecified atom stereocenters. The van der Waals surface area contributed by atoms with E-state index in [9.17, 15) is 0 Å². The van der Waals surface area contributed by atoms with Crippen molar-refractivity contribution in [2.75, 3.05) is 11.9 Å². The second-order valence-electron chi connectivity index (χ2n) is 2.76. The van der Waals surface area contributed by atoms with Crippen LogP contribution in [-0.4, -0.2) is 6.54 Å². The molecule has 0 radical (unpaired) electrons. The Balaban J connectivity index is 2.53. The molecule has 1 nitrogen and oxygen atoms in total. The van der Waals surface area contributed by atoms with Crippen LogP contribution in [0.5, 0.6) is 0 Å². The number of alkyl halides is 1. The van der Waals surface area contributed by atoms with Gasteiger partial charge >= 0.3 is 0 Å². The van der Waals surface area contributed by atoms with E-state index in [4.69, 9.17) is 11.6 Å². The maximum atomic E-state index is 5.66. The third kappa shape index (κ3) is 2.74. The SMILES string of the molecule is CCCNc1ccc(CCl)cc1. The summed E-state index contributed by atoms with van der Waals surface area (Å²) < 4.78 is 0. The second-order valence-corrected chi connectivity index (χ2v) is 3.02. The molecule has 0 amide bonds. The van der Waals surface area contributed by atoms with E-state index in [-0.39, 0.29) is 0 Å². The van der Waals surface area contributed by atoms with Crippen molar-refractivity contribution in [2.45, 2.75) is 19.2 Å². The highest BCUT2D eigenvalue weighted by Crippen LogP contribution is 2.10. The Labute approximate surface area is 78.7 Å². The highest BCUT2D eigenvalue weighted by Gasteiger charge is 1.91. The van der Waals surface area contributed by atoms with Crippen LogP contribution in [0.2, 0.25) is 0 Å². The molecule has 0 saturated carbocycles. The molecule has 0 aliphatic rings. The molecular weight excluding hydrogens is 170 g/mol. The molecule has 0 saturated heterocycles. The number of hydrogen-bond donors (Lipinski definition) is 1. The first-order valence-corrected chi connectivity index (χ1v) is 4.79. The first kappa shape index (κ1) is 9.40. The average Bonchev–Trinajstić information content (AvgIpc) is 2.15. The van der Waals surface area contributed by atoms with E-state index in [0.717, 1.165) is 13.0 Å². The lowest BCUT2D eigenvalue weighted by Crippen LogP contribution is -1.98. The quantitative estimate of drug-likeness (QED) is 0.707. The maximum Gasteiger partial charge on any atom is 0.0474 e. The molecular formula is C10H14ClN. The van der Waals surface area contributed by atoms with Gasteiger partial charge in [0.05, 0.1) is 0 Å². The van der Waals surface area contributed by atoms with Gasteiger partial charge in [0.25, 0.3) is 0 Å². The standard InChI is InChI=1S/C10H14ClN/c1-2-7-12-10-5-3-9(8-11)4-6-10/h3-6,12H,2,7-8H2,1H3. The molecule has 1 rings (SSSR count). The number of rotatable bonds is 4. The number of halogens is 1. The van der Waals surface area contributed by atoms with Crippen LogP contribution in [0.4, 0.5) is 5.69 Å².